The van der Waals surface area contributed by atoms with Crippen LogP contribution in [0.5, 0.6) is 0 Å². The highest BCUT2D eigenvalue weighted by molar-refractivity contribution is 4.91. The van der Waals surface area contributed by atoms with E-state index in [2.05, 4.69) is 4.98 Å². The molecule has 0 bridgehead atoms. The molecule has 1 aliphatic rings. The first-order valence-corrected chi connectivity index (χ1v) is 5.26. The fourth-order valence-electron chi connectivity index (χ4n) is 2.21. The Kier molecular flexibility index (Phi) is 2.73. The summed E-state index contributed by atoms with van der Waals surface area (Å²) in [6.07, 6.45) is 5.17. The fourth-order valence-corrected chi connectivity index (χ4v) is 2.21. The Morgan fingerprint density at radius 1 is 1.33 bits per heavy atom. The molecule has 1 saturated carbocycles. The Morgan fingerprint density at radius 3 is 2.73 bits per heavy atom. The van der Waals surface area contributed by atoms with Gasteiger partial charge in [-0.1, -0.05) is 12.8 Å². The highest BCUT2D eigenvalue weighted by Gasteiger charge is 2.25. The van der Waals surface area contributed by atoms with Gasteiger partial charge in [-0.05, 0) is 12.8 Å². The molecule has 1 aromatic heterocycles. The van der Waals surface area contributed by atoms with Crippen LogP contribution in [0.1, 0.15) is 31.7 Å². The Morgan fingerprint density at radius 2 is 2.07 bits per heavy atom. The standard InChI is InChI=1S/C10H15N3O2/c11-7-3-1-2-4-8(7)13-9(14)5-6-12-10(13)15/h5-8H,1-4,11H2,(H,12,15). The molecule has 1 fully saturated rings. The van der Waals surface area contributed by atoms with Gasteiger partial charge in [0.1, 0.15) is 0 Å². The highest BCUT2D eigenvalue weighted by Crippen LogP contribution is 2.24. The number of aromatic amines is 1. The van der Waals surface area contributed by atoms with E-state index in [4.69, 9.17) is 5.73 Å². The molecule has 3 N–H and O–H groups in total. The first-order valence-electron chi connectivity index (χ1n) is 5.26. The molecule has 5 nitrogen and oxygen atoms in total. The lowest BCUT2D eigenvalue weighted by Crippen LogP contribution is -2.45. The van der Waals surface area contributed by atoms with E-state index in [-0.39, 0.29) is 23.3 Å². The topological polar surface area (TPSA) is 80.9 Å². The summed E-state index contributed by atoms with van der Waals surface area (Å²) in [6.45, 7) is 0. The fraction of sp³-hybridized carbons (Fsp3) is 0.600. The van der Waals surface area contributed by atoms with Gasteiger partial charge in [-0.3, -0.25) is 9.36 Å². The monoisotopic (exact) mass is 209 g/mol. The maximum absolute atomic E-state index is 11.6. The summed E-state index contributed by atoms with van der Waals surface area (Å²) in [4.78, 5) is 25.6. The maximum Gasteiger partial charge on any atom is 0.328 e. The average Bonchev–Trinajstić information content (AvgIpc) is 2.20. The summed E-state index contributed by atoms with van der Waals surface area (Å²) < 4.78 is 1.25. The Balaban J connectivity index is 2.44. The molecule has 5 heteroatoms. The van der Waals surface area contributed by atoms with Gasteiger partial charge in [0.05, 0.1) is 6.04 Å². The van der Waals surface area contributed by atoms with Crippen molar-refractivity contribution in [1.29, 1.82) is 0 Å². The van der Waals surface area contributed by atoms with Crippen LogP contribution in [0.2, 0.25) is 0 Å². The van der Waals surface area contributed by atoms with Crippen molar-refractivity contribution in [2.24, 2.45) is 5.73 Å². The van der Waals surface area contributed by atoms with Crippen molar-refractivity contribution in [2.75, 3.05) is 0 Å². The van der Waals surface area contributed by atoms with Crippen molar-refractivity contribution in [3.8, 4) is 0 Å². The summed E-state index contributed by atoms with van der Waals surface area (Å²) in [5, 5.41) is 0. The molecule has 1 aromatic rings. The van der Waals surface area contributed by atoms with E-state index in [0.29, 0.717) is 0 Å². The smallest absolute Gasteiger partial charge is 0.326 e. The second-order valence-corrected chi connectivity index (χ2v) is 4.01. The summed E-state index contributed by atoms with van der Waals surface area (Å²) in [5.41, 5.74) is 5.32. The third kappa shape index (κ3) is 1.87. The molecule has 2 atom stereocenters. The number of nitrogens with one attached hydrogen (secondary N) is 1. The average molecular weight is 209 g/mol. The third-order valence-electron chi connectivity index (χ3n) is 3.00. The second-order valence-electron chi connectivity index (χ2n) is 4.01. The number of nitrogens with two attached hydrogens (primary N) is 1. The zero-order chi connectivity index (χ0) is 10.8. The van der Waals surface area contributed by atoms with Gasteiger partial charge in [-0.2, -0.15) is 0 Å². The molecule has 0 amide bonds. The van der Waals surface area contributed by atoms with Crippen molar-refractivity contribution in [3.05, 3.63) is 33.1 Å². The first-order chi connectivity index (χ1) is 7.20. The lowest BCUT2D eigenvalue weighted by Gasteiger charge is -2.29. The van der Waals surface area contributed by atoms with Gasteiger partial charge >= 0.3 is 5.69 Å². The zero-order valence-electron chi connectivity index (χ0n) is 8.48. The molecule has 82 valence electrons. The van der Waals surface area contributed by atoms with Crippen LogP contribution >= 0.6 is 0 Å². The second kappa shape index (κ2) is 4.02. The van der Waals surface area contributed by atoms with Crippen molar-refractivity contribution in [2.45, 2.75) is 37.8 Å². The molecular weight excluding hydrogens is 194 g/mol. The van der Waals surface area contributed by atoms with E-state index in [1.807, 2.05) is 0 Å². The molecule has 1 aliphatic carbocycles. The number of H-pyrrole nitrogens is 1. The minimum atomic E-state index is -0.357. The van der Waals surface area contributed by atoms with Gasteiger partial charge in [0, 0.05) is 18.3 Å². The zero-order valence-corrected chi connectivity index (χ0v) is 8.48. The van der Waals surface area contributed by atoms with Gasteiger partial charge in [0.25, 0.3) is 5.56 Å². The normalized spacial score (nSPS) is 26.5. The van der Waals surface area contributed by atoms with Gasteiger partial charge in [-0.15, -0.1) is 0 Å². The van der Waals surface area contributed by atoms with Gasteiger partial charge < -0.3 is 10.7 Å². The molecule has 0 radical (unpaired) electrons. The number of aromatic nitrogens is 2. The highest BCUT2D eigenvalue weighted by atomic mass is 16.2. The Bertz CT molecular complexity index is 420. The van der Waals surface area contributed by atoms with E-state index in [1.54, 1.807) is 0 Å². The first kappa shape index (κ1) is 10.2. The molecule has 15 heavy (non-hydrogen) atoms. The van der Waals surface area contributed by atoms with Crippen LogP contribution < -0.4 is 17.0 Å². The lowest BCUT2D eigenvalue weighted by atomic mass is 9.91. The van der Waals surface area contributed by atoms with E-state index in [1.165, 1.54) is 16.8 Å². The van der Waals surface area contributed by atoms with Gasteiger partial charge in [0.15, 0.2) is 0 Å². The van der Waals surface area contributed by atoms with Crippen molar-refractivity contribution < 1.29 is 0 Å². The van der Waals surface area contributed by atoms with Crippen molar-refractivity contribution in [1.82, 2.24) is 9.55 Å². The van der Waals surface area contributed by atoms with E-state index in [0.717, 1.165) is 25.7 Å². The van der Waals surface area contributed by atoms with Crippen LogP contribution in [-0.4, -0.2) is 15.6 Å². The van der Waals surface area contributed by atoms with E-state index < -0.39 is 0 Å². The molecule has 0 aliphatic heterocycles. The van der Waals surface area contributed by atoms with Crippen LogP contribution in [0, 0.1) is 0 Å². The molecule has 0 saturated heterocycles. The third-order valence-corrected chi connectivity index (χ3v) is 3.00. The van der Waals surface area contributed by atoms with E-state index >= 15 is 0 Å². The molecular formula is C10H15N3O2. The van der Waals surface area contributed by atoms with E-state index in [9.17, 15) is 9.59 Å². The summed E-state index contributed by atoms with van der Waals surface area (Å²) in [5.74, 6) is 0. The SMILES string of the molecule is NC1CCCCC1n1c(=O)cc[nH]c1=O. The number of rotatable bonds is 1. The van der Waals surface area contributed by atoms with Crippen LogP contribution in [-0.2, 0) is 0 Å². The number of hydrogen-bond donors (Lipinski definition) is 2. The van der Waals surface area contributed by atoms with Crippen molar-refractivity contribution >= 4 is 0 Å². The van der Waals surface area contributed by atoms with Gasteiger partial charge in [-0.25, -0.2) is 4.79 Å². The molecule has 0 spiro atoms. The Labute approximate surface area is 86.9 Å². The van der Waals surface area contributed by atoms with Gasteiger partial charge in [0.2, 0.25) is 0 Å². The van der Waals surface area contributed by atoms with Crippen LogP contribution in [0.4, 0.5) is 0 Å². The predicted octanol–water partition coefficient (Wildman–Crippen LogP) is -0.0210. The molecule has 0 aromatic carbocycles. The molecule has 2 unspecified atom stereocenters. The lowest BCUT2D eigenvalue weighted by molar-refractivity contribution is 0.292. The van der Waals surface area contributed by atoms with Crippen LogP contribution in [0.25, 0.3) is 0 Å². The van der Waals surface area contributed by atoms with Crippen molar-refractivity contribution in [3.63, 3.8) is 0 Å². The number of nitrogens with zero attached hydrogens (tertiary/aromatic N) is 1. The minimum Gasteiger partial charge on any atom is -0.326 e. The Hall–Kier alpha value is -1.36. The maximum atomic E-state index is 11.6. The number of hydrogen-bond acceptors (Lipinski definition) is 3. The summed E-state index contributed by atoms with van der Waals surface area (Å²) >= 11 is 0. The predicted molar refractivity (Wildman–Crippen MR) is 56.8 cm³/mol. The quantitative estimate of drug-likeness (QED) is 0.682. The van der Waals surface area contributed by atoms with Crippen LogP contribution in [0.3, 0.4) is 0 Å². The summed E-state index contributed by atoms with van der Waals surface area (Å²) in [7, 11) is 0. The van der Waals surface area contributed by atoms with Crippen LogP contribution in [0.15, 0.2) is 21.9 Å². The summed E-state index contributed by atoms with van der Waals surface area (Å²) in [6, 6.07) is 1.14. The molecule has 1 heterocycles. The molecule has 2 rings (SSSR count). The minimum absolute atomic E-state index is 0.0834. The largest absolute Gasteiger partial charge is 0.328 e.